The Morgan fingerprint density at radius 2 is 2.21 bits per heavy atom. The van der Waals surface area contributed by atoms with Crippen molar-refractivity contribution in [2.24, 2.45) is 15.7 Å². The van der Waals surface area contributed by atoms with Gasteiger partial charge in [0, 0.05) is 13.1 Å². The molecule has 1 saturated heterocycles. The van der Waals surface area contributed by atoms with Gasteiger partial charge in [-0.05, 0) is 12.5 Å². The molecule has 1 aromatic rings. The smallest absolute Gasteiger partial charge is 0.178 e. The molecule has 3 heterocycles. The summed E-state index contributed by atoms with van der Waals surface area (Å²) in [4.78, 5) is 10.5. The zero-order valence-electron chi connectivity index (χ0n) is 13.1. The number of likely N-dealkylation sites (tertiary alicyclic amines) is 1. The highest BCUT2D eigenvalue weighted by atomic mass is 16.3. The lowest BCUT2D eigenvalue weighted by atomic mass is 10.2. The largest absolute Gasteiger partial charge is 0.396 e. The Morgan fingerprint density at radius 3 is 2.88 bits per heavy atom. The Bertz CT molecular complexity index is 748. The van der Waals surface area contributed by atoms with Crippen LogP contribution in [0.3, 0.4) is 0 Å². The van der Waals surface area contributed by atoms with Crippen molar-refractivity contribution in [2.45, 2.75) is 19.1 Å². The van der Waals surface area contributed by atoms with Gasteiger partial charge in [0.1, 0.15) is 11.5 Å². The fraction of sp³-hybridized carbons (Fsp3) is 0.429. The average Bonchev–Trinajstić information content (AvgIpc) is 3.11. The predicted octanol–water partition coefficient (Wildman–Crippen LogP) is -1.17. The minimum Gasteiger partial charge on any atom is -0.396 e. The summed E-state index contributed by atoms with van der Waals surface area (Å²) in [6, 6.07) is 0. The number of nitrogens with one attached hydrogen (secondary N) is 1. The summed E-state index contributed by atoms with van der Waals surface area (Å²) < 4.78 is 1.44. The van der Waals surface area contributed by atoms with Crippen LogP contribution in [0, 0.1) is 5.41 Å². The van der Waals surface area contributed by atoms with Crippen LogP contribution >= 0.6 is 0 Å². The van der Waals surface area contributed by atoms with Crippen molar-refractivity contribution in [1.29, 1.82) is 5.41 Å². The molecule has 1 unspecified atom stereocenters. The van der Waals surface area contributed by atoms with Crippen LogP contribution in [0.1, 0.15) is 6.42 Å². The number of amidine groups is 2. The van der Waals surface area contributed by atoms with Crippen LogP contribution in [-0.2, 0) is 6.54 Å². The number of aliphatic hydroxyl groups excluding tert-OH is 2. The van der Waals surface area contributed by atoms with Gasteiger partial charge in [-0.25, -0.2) is 14.7 Å². The minimum absolute atomic E-state index is 0.0827. The van der Waals surface area contributed by atoms with E-state index in [1.165, 1.54) is 17.0 Å². The molecule has 0 radical (unpaired) electrons. The van der Waals surface area contributed by atoms with Crippen LogP contribution in [0.5, 0.6) is 0 Å². The molecule has 1 fully saturated rings. The number of nitrogen functional groups attached to an aromatic ring is 1. The van der Waals surface area contributed by atoms with Crippen molar-refractivity contribution < 1.29 is 10.2 Å². The van der Waals surface area contributed by atoms with E-state index in [9.17, 15) is 5.11 Å². The predicted molar refractivity (Wildman–Crippen MR) is 90.4 cm³/mol. The molecule has 10 nitrogen and oxygen atoms in total. The summed E-state index contributed by atoms with van der Waals surface area (Å²) in [5, 5.41) is 30.7. The van der Waals surface area contributed by atoms with E-state index in [2.05, 4.69) is 15.1 Å². The van der Waals surface area contributed by atoms with Gasteiger partial charge in [-0.3, -0.25) is 5.41 Å². The molecule has 2 aliphatic rings. The van der Waals surface area contributed by atoms with Crippen molar-refractivity contribution in [3.63, 3.8) is 0 Å². The van der Waals surface area contributed by atoms with Gasteiger partial charge in [0.25, 0.3) is 0 Å². The Hall–Kier alpha value is -2.72. The Balaban J connectivity index is 1.92. The molecule has 0 spiro atoms. The highest BCUT2D eigenvalue weighted by Gasteiger charge is 2.28. The maximum absolute atomic E-state index is 9.67. The van der Waals surface area contributed by atoms with E-state index in [1.54, 1.807) is 0 Å². The number of aliphatic imine (C=N–C) groups is 2. The number of aliphatic hydroxyl groups is 2. The summed E-state index contributed by atoms with van der Waals surface area (Å²) in [7, 11) is 0. The molecule has 7 N–H and O–H groups in total. The van der Waals surface area contributed by atoms with Gasteiger partial charge in [0.2, 0.25) is 0 Å². The summed E-state index contributed by atoms with van der Waals surface area (Å²) in [5.74, 6) is 0.983. The number of anilines is 1. The first-order valence-electron chi connectivity index (χ1n) is 7.58. The number of nitrogens with two attached hydrogens (primary N) is 2. The third-order valence-electron chi connectivity index (χ3n) is 3.87. The number of β-amino-alcohol motifs (C(OH)–C–C–N with tert-alkyl or cyclic N) is 1. The Morgan fingerprint density at radius 1 is 1.42 bits per heavy atom. The van der Waals surface area contributed by atoms with Gasteiger partial charge >= 0.3 is 0 Å². The van der Waals surface area contributed by atoms with Gasteiger partial charge in [-0.15, -0.1) is 0 Å². The van der Waals surface area contributed by atoms with Crippen molar-refractivity contribution in [2.75, 3.05) is 25.4 Å². The fourth-order valence-electron chi connectivity index (χ4n) is 2.63. The Kier molecular flexibility index (Phi) is 4.32. The van der Waals surface area contributed by atoms with E-state index in [0.717, 1.165) is 0 Å². The van der Waals surface area contributed by atoms with Gasteiger partial charge in [-0.1, -0.05) is 0 Å². The first kappa shape index (κ1) is 16.1. The maximum atomic E-state index is 9.67. The number of hydrogen-bond acceptors (Lipinski definition) is 8. The van der Waals surface area contributed by atoms with Crippen LogP contribution < -0.4 is 11.5 Å². The van der Waals surface area contributed by atoms with Gasteiger partial charge in [0.15, 0.2) is 11.7 Å². The molecule has 10 heteroatoms. The van der Waals surface area contributed by atoms with Crippen LogP contribution in [0.2, 0.25) is 0 Å². The standard InChI is InChI=1S/C14H20N8O2/c15-9-5-10(16)14(21-2-1-8(24)7-21)20-13(9)19-11-6-18-22(3-4-23)12(11)17/h5-6,8,16,23-24H,1-4,7,15,17H2/b16-10?,19-13+. The summed E-state index contributed by atoms with van der Waals surface area (Å²) >= 11 is 0. The molecule has 0 aliphatic carbocycles. The van der Waals surface area contributed by atoms with E-state index < -0.39 is 6.10 Å². The van der Waals surface area contributed by atoms with E-state index >= 15 is 0 Å². The van der Waals surface area contributed by atoms with Crippen molar-refractivity contribution >= 4 is 28.9 Å². The fourth-order valence-corrected chi connectivity index (χ4v) is 2.63. The zero-order valence-corrected chi connectivity index (χ0v) is 13.1. The lowest BCUT2D eigenvalue weighted by molar-refractivity contribution is 0.188. The van der Waals surface area contributed by atoms with Crippen molar-refractivity contribution in [1.82, 2.24) is 14.7 Å². The lowest BCUT2D eigenvalue weighted by Gasteiger charge is -2.22. The van der Waals surface area contributed by atoms with Gasteiger partial charge in [-0.2, -0.15) is 5.10 Å². The zero-order chi connectivity index (χ0) is 17.3. The topological polar surface area (TPSA) is 162 Å². The molecule has 0 aromatic carbocycles. The number of dihydropyridines is 1. The number of rotatable bonds is 3. The second kappa shape index (κ2) is 6.42. The monoisotopic (exact) mass is 332 g/mol. The minimum atomic E-state index is -0.420. The van der Waals surface area contributed by atoms with Gasteiger partial charge < -0.3 is 26.6 Å². The summed E-state index contributed by atoms with van der Waals surface area (Å²) in [5.41, 5.74) is 12.7. The molecule has 1 aromatic heterocycles. The van der Waals surface area contributed by atoms with Crippen molar-refractivity contribution in [3.05, 3.63) is 18.0 Å². The van der Waals surface area contributed by atoms with Crippen LogP contribution in [0.15, 0.2) is 28.0 Å². The van der Waals surface area contributed by atoms with Crippen LogP contribution in [0.4, 0.5) is 11.5 Å². The van der Waals surface area contributed by atoms with Crippen molar-refractivity contribution in [3.8, 4) is 0 Å². The highest BCUT2D eigenvalue weighted by Crippen LogP contribution is 2.23. The average molecular weight is 332 g/mol. The van der Waals surface area contributed by atoms with E-state index in [1.807, 2.05) is 4.90 Å². The second-order valence-corrected chi connectivity index (χ2v) is 5.63. The van der Waals surface area contributed by atoms with E-state index in [4.69, 9.17) is 22.0 Å². The second-order valence-electron chi connectivity index (χ2n) is 5.63. The van der Waals surface area contributed by atoms with Crippen LogP contribution in [0.25, 0.3) is 0 Å². The Labute approximate surface area is 138 Å². The quantitative estimate of drug-likeness (QED) is 0.468. The molecular weight excluding hydrogens is 312 g/mol. The molecular formula is C14H20N8O2. The lowest BCUT2D eigenvalue weighted by Crippen LogP contribution is -2.38. The first-order valence-corrected chi connectivity index (χ1v) is 7.58. The molecule has 24 heavy (non-hydrogen) atoms. The van der Waals surface area contributed by atoms with Crippen LogP contribution in [-0.4, -0.2) is 68.1 Å². The number of hydrogen-bond donors (Lipinski definition) is 5. The molecule has 0 bridgehead atoms. The SMILES string of the molecule is N=C1C=C(N)/C(=N\c2cnn(CCO)c2N)N=C1N1CCC(O)C1. The molecule has 2 aliphatic heterocycles. The van der Waals surface area contributed by atoms with Gasteiger partial charge in [0.05, 0.1) is 36.9 Å². The number of nitrogens with zero attached hydrogens (tertiary/aromatic N) is 5. The molecule has 3 rings (SSSR count). The molecule has 128 valence electrons. The first-order chi connectivity index (χ1) is 11.5. The summed E-state index contributed by atoms with van der Waals surface area (Å²) in [6.45, 7) is 1.24. The maximum Gasteiger partial charge on any atom is 0.178 e. The summed E-state index contributed by atoms with van der Waals surface area (Å²) in [6.07, 6.45) is 3.18. The highest BCUT2D eigenvalue weighted by molar-refractivity contribution is 6.48. The van der Waals surface area contributed by atoms with E-state index in [-0.39, 0.29) is 30.4 Å². The molecule has 1 atom stereocenters. The third kappa shape index (κ3) is 3.01. The molecule has 0 amide bonds. The van der Waals surface area contributed by atoms with E-state index in [0.29, 0.717) is 36.9 Å². The normalized spacial score (nSPS) is 22.9. The molecule has 0 saturated carbocycles. The third-order valence-corrected chi connectivity index (χ3v) is 3.87. The number of aromatic nitrogens is 2.